The molecule has 1 aromatic carbocycles. The van der Waals surface area contributed by atoms with Gasteiger partial charge in [0.15, 0.2) is 0 Å². The monoisotopic (exact) mass is 1070 g/mol. The van der Waals surface area contributed by atoms with Gasteiger partial charge in [0.05, 0.1) is 81.7 Å². The molecule has 5 rings (SSSR count). The smallest absolute Gasteiger partial charge is 0.335 e. The van der Waals surface area contributed by atoms with E-state index in [4.69, 9.17) is 28.2 Å². The van der Waals surface area contributed by atoms with Crippen LogP contribution in [0.2, 0.25) is 0 Å². The number of amides is 2. The number of imide groups is 1. The van der Waals surface area contributed by atoms with E-state index in [0.717, 1.165) is 16.5 Å². The van der Waals surface area contributed by atoms with Gasteiger partial charge < -0.3 is 33.1 Å². The molecule has 2 amide bonds. The third-order valence-corrected chi connectivity index (χ3v) is 14.4. The number of benzene rings is 2. The van der Waals surface area contributed by atoms with Crippen molar-refractivity contribution in [3.05, 3.63) is 82.6 Å². The Morgan fingerprint density at radius 3 is 1.99 bits per heavy atom. The molecule has 1 fully saturated rings. The highest BCUT2D eigenvalue weighted by molar-refractivity contribution is 7.86. The number of fused-ring (bicyclic) bond motifs is 2. The molecule has 24 heteroatoms. The molecule has 3 heterocycles. The van der Waals surface area contributed by atoms with Gasteiger partial charge in [0.25, 0.3) is 42.2 Å². The highest BCUT2D eigenvalue weighted by Gasteiger charge is 2.44. The molecule has 3 N–H and O–H groups in total. The third-order valence-electron chi connectivity index (χ3n) is 12.0. The average molecular weight is 1070 g/mol. The molecule has 0 bridgehead atoms. The lowest BCUT2D eigenvalue weighted by molar-refractivity contribution is -0.198. The molecule has 1 saturated heterocycles. The summed E-state index contributed by atoms with van der Waals surface area (Å²) in [6.45, 7) is 12.8. The maximum absolute atomic E-state index is 12.4. The summed E-state index contributed by atoms with van der Waals surface area (Å²) < 4.78 is 131. The topological polar surface area (TPSA) is 283 Å². The van der Waals surface area contributed by atoms with E-state index in [1.165, 1.54) is 12.1 Å². The second kappa shape index (κ2) is 25.4. The number of hydrogen-bond donors (Lipinski definition) is 3. The van der Waals surface area contributed by atoms with Gasteiger partial charge in [-0.25, -0.2) is 9.37 Å². The summed E-state index contributed by atoms with van der Waals surface area (Å²) in [4.78, 5) is 41.4. The van der Waals surface area contributed by atoms with Gasteiger partial charge in [-0.15, -0.1) is 5.06 Å². The van der Waals surface area contributed by atoms with Crippen molar-refractivity contribution < 1.29 is 81.5 Å². The van der Waals surface area contributed by atoms with Crippen molar-refractivity contribution in [2.75, 3.05) is 88.9 Å². The third kappa shape index (κ3) is 16.8. The van der Waals surface area contributed by atoms with Crippen LogP contribution in [0, 0.1) is 0 Å². The van der Waals surface area contributed by atoms with Crippen LogP contribution >= 0.6 is 0 Å². The van der Waals surface area contributed by atoms with Gasteiger partial charge in [-0.05, 0) is 85.7 Å². The van der Waals surface area contributed by atoms with Crippen LogP contribution in [-0.2, 0) is 79.4 Å². The molecule has 398 valence electrons. The zero-order valence-electron chi connectivity index (χ0n) is 41.2. The lowest BCUT2D eigenvalue weighted by Gasteiger charge is -2.30. The van der Waals surface area contributed by atoms with Crippen LogP contribution in [0.5, 0.6) is 0 Å². The Bertz CT molecular complexity index is 2840. The molecular weight excluding hydrogens is 1000 g/mol. The first-order chi connectivity index (χ1) is 33.8. The fourth-order valence-corrected chi connectivity index (χ4v) is 9.93. The number of ether oxygens (including phenoxy) is 4. The van der Waals surface area contributed by atoms with Crippen molar-refractivity contribution >= 4 is 59.9 Å². The summed E-state index contributed by atoms with van der Waals surface area (Å²) in [6.07, 6.45) is 5.63. The Kier molecular flexibility index (Phi) is 20.4. The van der Waals surface area contributed by atoms with Crippen LogP contribution in [-0.4, -0.2) is 146 Å². The van der Waals surface area contributed by atoms with Gasteiger partial charge >= 0.3 is 5.97 Å². The van der Waals surface area contributed by atoms with Gasteiger partial charge in [-0.2, -0.15) is 25.3 Å². The summed E-state index contributed by atoms with van der Waals surface area (Å²) in [5.74, 6) is -1.71. The van der Waals surface area contributed by atoms with Crippen molar-refractivity contribution in [1.29, 1.82) is 0 Å². The molecule has 1 aliphatic carbocycles. The molecule has 4 aliphatic rings. The van der Waals surface area contributed by atoms with Crippen molar-refractivity contribution in [2.24, 2.45) is 0 Å². The van der Waals surface area contributed by atoms with Crippen molar-refractivity contribution in [2.45, 2.75) is 88.9 Å². The Labute approximate surface area is 420 Å². The van der Waals surface area contributed by atoms with E-state index in [2.05, 4.69) is 20.8 Å². The number of allylic oxidation sites excluding steroid dienone is 3. The van der Waals surface area contributed by atoms with E-state index in [1.54, 1.807) is 18.2 Å². The summed E-state index contributed by atoms with van der Waals surface area (Å²) in [5, 5.41) is 1.28. The first-order valence-corrected chi connectivity index (χ1v) is 28.2. The largest absolute Gasteiger partial charge is 0.456 e. The first-order valence-electron chi connectivity index (χ1n) is 23.5. The summed E-state index contributed by atoms with van der Waals surface area (Å²) in [6, 6.07) is 12.0. The van der Waals surface area contributed by atoms with E-state index >= 15 is 0 Å². The fourth-order valence-electron chi connectivity index (χ4n) is 8.42. The second-order valence-corrected chi connectivity index (χ2v) is 23.0. The van der Waals surface area contributed by atoms with Crippen LogP contribution in [0.4, 0.5) is 5.69 Å². The van der Waals surface area contributed by atoms with Crippen LogP contribution in [0.1, 0.15) is 90.0 Å². The van der Waals surface area contributed by atoms with Crippen molar-refractivity contribution in [1.82, 2.24) is 9.64 Å². The summed E-state index contributed by atoms with van der Waals surface area (Å²) in [7, 11) is -13.1. The Morgan fingerprint density at radius 1 is 0.806 bits per heavy atom. The van der Waals surface area contributed by atoms with Gasteiger partial charge in [-0.1, -0.05) is 26.8 Å². The number of nitrogens with zero attached hydrogens (tertiary/aromatic N) is 3. The van der Waals surface area contributed by atoms with Crippen LogP contribution < -0.4 is 14.8 Å². The second-order valence-electron chi connectivity index (χ2n) is 18.4. The molecule has 0 aromatic heterocycles. The number of hydroxylamine groups is 2. The predicted molar refractivity (Wildman–Crippen MR) is 265 cm³/mol. The van der Waals surface area contributed by atoms with Crippen molar-refractivity contribution in [3.8, 4) is 11.3 Å². The molecule has 1 unspecified atom stereocenters. The Hall–Kier alpha value is -4.89. The minimum Gasteiger partial charge on any atom is -0.456 e. The number of carbonyl (C=O) groups is 3. The van der Waals surface area contributed by atoms with Gasteiger partial charge in [0, 0.05) is 54.2 Å². The standard InChI is InChI=1S/C48H65N3O18S3/c1-6-49(20-9-31-71(58,59)60)35-12-14-38-39(47(2,3)4)33-36(68-42(38)32-35)10-7-11-43-48(5,19-8-30-70(55,56)57)40-34-37(72(61,62)63)13-15-41(40)50(43)21-23-65-25-27-67-29-28-66-26-24-64-22-18-46(54)69-51-44(52)16-17-45(51)53/h7,10-15,32-34H,6,8-9,16-31H2,1-5H3,(H2-,55,56,57,58,59,60,61,62,63)/p+1. The molecule has 0 radical (unpaired) electrons. The first kappa shape index (κ1) is 58.0. The fraction of sp³-hybridized carbons (Fsp3) is 0.542. The van der Waals surface area contributed by atoms with E-state index < -0.39 is 59.3 Å². The summed E-state index contributed by atoms with van der Waals surface area (Å²) in [5.41, 5.74) is 2.27. The molecular formula is C48H66N3O18S3+. The zero-order valence-corrected chi connectivity index (χ0v) is 43.7. The molecule has 0 spiro atoms. The maximum Gasteiger partial charge on any atom is 0.335 e. The maximum atomic E-state index is 12.4. The molecule has 1 aromatic rings. The average Bonchev–Trinajstić information content (AvgIpc) is 3.72. The van der Waals surface area contributed by atoms with Crippen molar-refractivity contribution in [3.63, 3.8) is 0 Å². The predicted octanol–water partition coefficient (Wildman–Crippen LogP) is 4.41. The highest BCUT2D eigenvalue weighted by Crippen LogP contribution is 2.51. The zero-order chi connectivity index (χ0) is 52.9. The quantitative estimate of drug-likeness (QED) is 0.0393. The lowest BCUT2D eigenvalue weighted by atomic mass is 9.77. The Morgan fingerprint density at radius 2 is 1.40 bits per heavy atom. The normalized spacial score (nSPS) is 17.8. The molecule has 0 saturated carbocycles. The van der Waals surface area contributed by atoms with Crippen LogP contribution in [0.15, 0.2) is 69.6 Å². The van der Waals surface area contributed by atoms with Gasteiger partial charge in [0.2, 0.25) is 5.36 Å². The van der Waals surface area contributed by atoms with E-state index in [0.29, 0.717) is 46.6 Å². The number of rotatable bonds is 28. The number of hydrogen-bond acceptors (Lipinski definition) is 16. The van der Waals surface area contributed by atoms with E-state index in [-0.39, 0.29) is 114 Å². The minimum atomic E-state index is -4.64. The molecule has 3 aliphatic heterocycles. The van der Waals surface area contributed by atoms with Crippen LogP contribution in [0.25, 0.3) is 17.4 Å². The molecule has 1 atom stereocenters. The highest BCUT2D eigenvalue weighted by atomic mass is 32.2. The number of carbonyl (C=O) groups excluding carboxylic acids is 3. The SMILES string of the molecule is CC[N+](CCCS(=O)(=O)O)=c1ccc2c(C(C)(C)C)cc(/C=C/C=C3/N(CCOCCOCCOCCOCCC(=O)ON4C(=O)CCC4=O)c4ccc(S(=O)(=O)O)cc4C3(C)CCCS(=O)(=O)O)oc-2c1. The summed E-state index contributed by atoms with van der Waals surface area (Å²) >= 11 is 0. The Balaban J connectivity index is 1.29. The van der Waals surface area contributed by atoms with Gasteiger partial charge in [-0.3, -0.25) is 23.2 Å². The van der Waals surface area contributed by atoms with Crippen LogP contribution in [0.3, 0.4) is 0 Å². The van der Waals surface area contributed by atoms with E-state index in [9.17, 15) is 53.3 Å². The minimum absolute atomic E-state index is 0.00754. The molecule has 21 nitrogen and oxygen atoms in total. The lowest BCUT2D eigenvalue weighted by Crippen LogP contribution is -2.32. The number of anilines is 1. The molecule has 72 heavy (non-hydrogen) atoms. The van der Waals surface area contributed by atoms with E-state index in [1.807, 2.05) is 53.7 Å². The van der Waals surface area contributed by atoms with Gasteiger partial charge in [0.1, 0.15) is 24.6 Å².